The van der Waals surface area contributed by atoms with Crippen LogP contribution in [-0.4, -0.2) is 12.1 Å². The first-order valence-corrected chi connectivity index (χ1v) is 4.98. The number of benzene rings is 1. The fraction of sp³-hybridized carbons (Fsp3) is 0. The van der Waals surface area contributed by atoms with E-state index >= 15 is 0 Å². The van der Waals surface area contributed by atoms with E-state index < -0.39 is 5.63 Å². The highest BCUT2D eigenvalue weighted by Crippen LogP contribution is 2.29. The second kappa shape index (κ2) is 3.25. The number of hydrogen-bond acceptors (Lipinski definition) is 4. The van der Waals surface area contributed by atoms with Crippen LogP contribution in [0.3, 0.4) is 0 Å². The van der Waals surface area contributed by atoms with E-state index in [0.29, 0.717) is 34.0 Å². The van der Waals surface area contributed by atoms with Crippen molar-refractivity contribution in [2.45, 2.75) is 0 Å². The minimum absolute atomic E-state index is 0.240. The molecule has 0 atom stereocenters. The summed E-state index contributed by atoms with van der Waals surface area (Å²) in [6.45, 7) is 0. The molecule has 0 spiro atoms. The van der Waals surface area contributed by atoms with Crippen LogP contribution in [0.4, 0.5) is 0 Å². The molecule has 0 saturated heterocycles. The minimum atomic E-state index is -0.466. The Labute approximate surface area is 95.2 Å². The normalized spacial score (nSPS) is 13.6. The smallest absolute Gasteiger partial charge is 0.336 e. The van der Waals surface area contributed by atoms with E-state index in [-0.39, 0.29) is 5.78 Å². The second-order valence-electron chi connectivity index (χ2n) is 3.77. The molecule has 0 N–H and O–H groups in total. The van der Waals surface area contributed by atoms with Crippen molar-refractivity contribution in [3.63, 3.8) is 0 Å². The minimum Gasteiger partial charge on any atom is -0.423 e. The van der Waals surface area contributed by atoms with Crippen molar-refractivity contribution in [2.75, 3.05) is 0 Å². The largest absolute Gasteiger partial charge is 0.423 e. The number of hydrogen-bond donors (Lipinski definition) is 0. The number of aldehydes is 1. The monoisotopic (exact) mass is 226 g/mol. The summed E-state index contributed by atoms with van der Waals surface area (Å²) in [5, 5.41) is 0.686. The second-order valence-corrected chi connectivity index (χ2v) is 3.77. The third kappa shape index (κ3) is 1.34. The average molecular weight is 226 g/mol. The average Bonchev–Trinajstić information content (AvgIpc) is 2.63. The van der Waals surface area contributed by atoms with Gasteiger partial charge in [-0.1, -0.05) is 0 Å². The van der Waals surface area contributed by atoms with E-state index in [2.05, 4.69) is 0 Å². The summed E-state index contributed by atoms with van der Waals surface area (Å²) in [6.07, 6.45) is 1.93. The van der Waals surface area contributed by atoms with Crippen LogP contribution in [-0.2, 0) is 4.79 Å². The Hall–Kier alpha value is -2.49. The molecule has 1 aliphatic carbocycles. The third-order valence-electron chi connectivity index (χ3n) is 2.75. The summed E-state index contributed by atoms with van der Waals surface area (Å²) in [6, 6.07) is 6.09. The van der Waals surface area contributed by atoms with Crippen LogP contribution in [0.15, 0.2) is 39.6 Å². The van der Waals surface area contributed by atoms with Crippen LogP contribution in [0.1, 0.15) is 15.9 Å². The number of carbonyl (C=O) groups excluding carboxylic acids is 2. The molecular weight excluding hydrogens is 220 g/mol. The molecule has 0 aliphatic heterocycles. The molecule has 0 saturated carbocycles. The molecule has 0 bridgehead atoms. The quantitative estimate of drug-likeness (QED) is 0.547. The summed E-state index contributed by atoms with van der Waals surface area (Å²) in [5.74, 6) is -0.240. The lowest BCUT2D eigenvalue weighted by molar-refractivity contribution is -0.103. The Kier molecular flexibility index (Phi) is 1.86. The van der Waals surface area contributed by atoms with Gasteiger partial charge in [0, 0.05) is 22.6 Å². The molecule has 4 heteroatoms. The highest BCUT2D eigenvalue weighted by molar-refractivity contribution is 6.27. The van der Waals surface area contributed by atoms with E-state index in [4.69, 9.17) is 4.42 Å². The van der Waals surface area contributed by atoms with Gasteiger partial charge in [0.05, 0.1) is 0 Å². The van der Waals surface area contributed by atoms with Crippen LogP contribution in [0.25, 0.3) is 16.5 Å². The van der Waals surface area contributed by atoms with Crippen LogP contribution >= 0.6 is 0 Å². The van der Waals surface area contributed by atoms with Crippen molar-refractivity contribution in [3.05, 3.63) is 51.9 Å². The van der Waals surface area contributed by atoms with E-state index in [9.17, 15) is 14.4 Å². The number of ketones is 1. The lowest BCUT2D eigenvalue weighted by atomic mass is 10.0. The zero-order valence-electron chi connectivity index (χ0n) is 8.60. The molecule has 82 valence electrons. The van der Waals surface area contributed by atoms with Gasteiger partial charge in [0.1, 0.15) is 5.58 Å². The lowest BCUT2D eigenvalue weighted by Crippen LogP contribution is -1.97. The summed E-state index contributed by atoms with van der Waals surface area (Å²) >= 11 is 0. The fourth-order valence-electron chi connectivity index (χ4n) is 1.95. The van der Waals surface area contributed by atoms with Gasteiger partial charge in [-0.05, 0) is 29.8 Å². The predicted molar refractivity (Wildman–Crippen MR) is 60.9 cm³/mol. The summed E-state index contributed by atoms with van der Waals surface area (Å²) < 4.78 is 4.98. The van der Waals surface area contributed by atoms with Gasteiger partial charge in [0.25, 0.3) is 0 Å². The zero-order valence-corrected chi connectivity index (χ0v) is 8.60. The van der Waals surface area contributed by atoms with Crippen molar-refractivity contribution < 1.29 is 14.0 Å². The van der Waals surface area contributed by atoms with E-state index in [0.717, 1.165) is 0 Å². The Morgan fingerprint density at radius 1 is 1.06 bits per heavy atom. The van der Waals surface area contributed by atoms with Gasteiger partial charge in [0.2, 0.25) is 0 Å². The summed E-state index contributed by atoms with van der Waals surface area (Å²) in [5.41, 5.74) is 1.23. The van der Waals surface area contributed by atoms with Crippen LogP contribution in [0.2, 0.25) is 0 Å². The first kappa shape index (κ1) is 9.72. The molecule has 1 aromatic heterocycles. The summed E-state index contributed by atoms with van der Waals surface area (Å²) in [4.78, 5) is 33.5. The Balaban J connectivity index is 2.39. The molecule has 2 aromatic rings. The van der Waals surface area contributed by atoms with Gasteiger partial charge in [-0.15, -0.1) is 0 Å². The van der Waals surface area contributed by atoms with Gasteiger partial charge in [-0.3, -0.25) is 9.59 Å². The number of rotatable bonds is 1. The Morgan fingerprint density at radius 3 is 2.65 bits per heavy atom. The molecule has 0 unspecified atom stereocenters. The summed E-state index contributed by atoms with van der Waals surface area (Å²) in [7, 11) is 0. The van der Waals surface area contributed by atoms with Crippen LogP contribution in [0, 0.1) is 0 Å². The highest BCUT2D eigenvalue weighted by atomic mass is 16.4. The maximum Gasteiger partial charge on any atom is 0.336 e. The van der Waals surface area contributed by atoms with Gasteiger partial charge in [0.15, 0.2) is 12.1 Å². The van der Waals surface area contributed by atoms with E-state index in [1.165, 1.54) is 18.2 Å². The van der Waals surface area contributed by atoms with Crippen LogP contribution in [0.5, 0.6) is 0 Å². The van der Waals surface area contributed by atoms with E-state index in [1.54, 1.807) is 12.1 Å². The predicted octanol–water partition coefficient (Wildman–Crippen LogP) is 1.57. The van der Waals surface area contributed by atoms with Crippen LogP contribution < -0.4 is 5.63 Å². The third-order valence-corrected chi connectivity index (χ3v) is 2.75. The zero-order chi connectivity index (χ0) is 12.0. The molecule has 1 heterocycles. The maximum absolute atomic E-state index is 11.6. The van der Waals surface area contributed by atoms with Crippen molar-refractivity contribution in [1.82, 2.24) is 0 Å². The molecule has 0 amide bonds. The molecule has 0 radical (unpaired) electrons. The standard InChI is InChI=1S/C13H6O4/c14-6-8-4-11(15)10-5-12-7(3-9(8)10)1-2-13(16)17-12/h1-6H. The molecule has 1 aliphatic rings. The molecule has 4 nitrogen and oxygen atoms in total. The first-order valence-electron chi connectivity index (χ1n) is 4.98. The van der Waals surface area contributed by atoms with Gasteiger partial charge in [-0.25, -0.2) is 4.79 Å². The number of carbonyl (C=O) groups is 2. The van der Waals surface area contributed by atoms with Crippen molar-refractivity contribution in [1.29, 1.82) is 0 Å². The Morgan fingerprint density at radius 2 is 1.88 bits per heavy atom. The fourth-order valence-corrected chi connectivity index (χ4v) is 1.95. The van der Waals surface area contributed by atoms with Gasteiger partial charge < -0.3 is 4.42 Å². The number of allylic oxidation sites excluding steroid dienone is 2. The topological polar surface area (TPSA) is 64.3 Å². The SMILES string of the molecule is O=CC1=CC(=O)c2cc3oc(=O)ccc3cc21. The molecular formula is C13H6O4. The van der Waals surface area contributed by atoms with Gasteiger partial charge in [-0.2, -0.15) is 0 Å². The Bertz CT molecular complexity index is 750. The van der Waals surface area contributed by atoms with Crippen molar-refractivity contribution >= 4 is 28.6 Å². The molecule has 0 fully saturated rings. The molecule has 3 rings (SSSR count). The number of fused-ring (bicyclic) bond motifs is 2. The molecule has 1 aromatic carbocycles. The first-order chi connectivity index (χ1) is 8.19. The van der Waals surface area contributed by atoms with Gasteiger partial charge >= 0.3 is 5.63 Å². The maximum atomic E-state index is 11.6. The van der Waals surface area contributed by atoms with Crippen molar-refractivity contribution in [2.24, 2.45) is 0 Å². The molecule has 17 heavy (non-hydrogen) atoms. The highest BCUT2D eigenvalue weighted by Gasteiger charge is 2.21. The van der Waals surface area contributed by atoms with Crippen molar-refractivity contribution in [3.8, 4) is 0 Å². The van der Waals surface area contributed by atoms with E-state index in [1.807, 2.05) is 0 Å². The lowest BCUT2D eigenvalue weighted by Gasteiger charge is -2.01.